The van der Waals surface area contributed by atoms with Crippen molar-refractivity contribution in [1.82, 2.24) is 25.1 Å². The first-order valence-corrected chi connectivity index (χ1v) is 4.21. The molecule has 6 nitrogen and oxygen atoms in total. The van der Waals surface area contributed by atoms with Crippen LogP contribution in [0.2, 0.25) is 0 Å². The zero-order valence-electron chi connectivity index (χ0n) is 7.68. The van der Waals surface area contributed by atoms with E-state index in [-0.39, 0.29) is 6.04 Å². The summed E-state index contributed by atoms with van der Waals surface area (Å²) >= 11 is 0. The number of nitrogens with one attached hydrogen (secondary N) is 1. The second-order valence-electron chi connectivity index (χ2n) is 2.92. The van der Waals surface area contributed by atoms with E-state index < -0.39 is 0 Å². The van der Waals surface area contributed by atoms with Crippen LogP contribution in [0.4, 0.5) is 0 Å². The Morgan fingerprint density at radius 1 is 1.43 bits per heavy atom. The highest BCUT2D eigenvalue weighted by Crippen LogP contribution is 2.11. The van der Waals surface area contributed by atoms with E-state index in [1.165, 1.54) is 0 Å². The predicted molar refractivity (Wildman–Crippen MR) is 50.0 cm³/mol. The number of nitrogens with two attached hydrogens (primary N) is 1. The molecule has 0 fully saturated rings. The largest absolute Gasteiger partial charge is 0.322 e. The van der Waals surface area contributed by atoms with Crippen molar-refractivity contribution in [3.8, 4) is 11.5 Å². The standard InChI is InChI=1S/C8H10N6/c1-5(9)7-12-8(14-13-7)6-4-10-2-3-11-6/h2-5H,9H2,1H3,(H,12,13,14). The summed E-state index contributed by atoms with van der Waals surface area (Å²) in [5.74, 6) is 1.16. The van der Waals surface area contributed by atoms with Gasteiger partial charge in [0, 0.05) is 12.4 Å². The predicted octanol–water partition coefficient (Wildman–Crippen LogP) is 0.281. The van der Waals surface area contributed by atoms with Gasteiger partial charge in [0.25, 0.3) is 0 Å². The lowest BCUT2D eigenvalue weighted by molar-refractivity contribution is 0.745. The lowest BCUT2D eigenvalue weighted by Gasteiger charge is -1.95. The molecule has 0 radical (unpaired) electrons. The van der Waals surface area contributed by atoms with E-state index in [9.17, 15) is 0 Å². The first-order valence-electron chi connectivity index (χ1n) is 4.21. The Hall–Kier alpha value is -1.82. The molecule has 2 rings (SSSR count). The highest BCUT2D eigenvalue weighted by molar-refractivity contribution is 5.45. The van der Waals surface area contributed by atoms with Crippen molar-refractivity contribution >= 4 is 0 Å². The minimum atomic E-state index is -0.159. The van der Waals surface area contributed by atoms with Crippen molar-refractivity contribution in [2.75, 3.05) is 0 Å². The van der Waals surface area contributed by atoms with Crippen molar-refractivity contribution < 1.29 is 0 Å². The first-order chi connectivity index (χ1) is 6.77. The Morgan fingerprint density at radius 3 is 2.86 bits per heavy atom. The Balaban J connectivity index is 2.34. The molecule has 0 saturated heterocycles. The maximum Gasteiger partial charge on any atom is 0.201 e. The van der Waals surface area contributed by atoms with Gasteiger partial charge in [-0.2, -0.15) is 5.10 Å². The van der Waals surface area contributed by atoms with Crippen molar-refractivity contribution in [3.05, 3.63) is 24.4 Å². The molecule has 0 saturated carbocycles. The van der Waals surface area contributed by atoms with Gasteiger partial charge in [-0.3, -0.25) is 10.1 Å². The molecule has 2 aromatic heterocycles. The molecule has 2 aromatic rings. The molecule has 3 N–H and O–H groups in total. The van der Waals surface area contributed by atoms with Crippen molar-refractivity contribution in [1.29, 1.82) is 0 Å². The molecule has 0 aromatic carbocycles. The Kier molecular flexibility index (Phi) is 2.19. The van der Waals surface area contributed by atoms with E-state index in [1.807, 2.05) is 6.92 Å². The zero-order valence-corrected chi connectivity index (χ0v) is 7.68. The third kappa shape index (κ3) is 1.60. The van der Waals surface area contributed by atoms with E-state index in [2.05, 4.69) is 25.1 Å². The molecule has 0 aliphatic carbocycles. The first kappa shape index (κ1) is 8.76. The number of H-pyrrole nitrogens is 1. The number of rotatable bonds is 2. The molecule has 1 unspecified atom stereocenters. The van der Waals surface area contributed by atoms with Gasteiger partial charge in [-0.25, -0.2) is 9.97 Å². The average molecular weight is 190 g/mol. The molecular formula is C8H10N6. The number of hydrogen-bond acceptors (Lipinski definition) is 5. The molecule has 0 aliphatic heterocycles. The van der Waals surface area contributed by atoms with Gasteiger partial charge in [-0.15, -0.1) is 0 Å². The minimum absolute atomic E-state index is 0.159. The Morgan fingerprint density at radius 2 is 2.29 bits per heavy atom. The minimum Gasteiger partial charge on any atom is -0.322 e. The van der Waals surface area contributed by atoms with Crippen molar-refractivity contribution in [2.45, 2.75) is 13.0 Å². The normalized spacial score (nSPS) is 12.7. The fourth-order valence-corrected chi connectivity index (χ4v) is 1.01. The third-order valence-electron chi connectivity index (χ3n) is 1.73. The second-order valence-corrected chi connectivity index (χ2v) is 2.92. The molecular weight excluding hydrogens is 180 g/mol. The van der Waals surface area contributed by atoms with Gasteiger partial charge in [-0.05, 0) is 6.92 Å². The van der Waals surface area contributed by atoms with Crippen LogP contribution in [0.3, 0.4) is 0 Å². The number of aromatic amines is 1. The van der Waals surface area contributed by atoms with E-state index in [0.29, 0.717) is 17.3 Å². The van der Waals surface area contributed by atoms with Crippen LogP contribution in [0.15, 0.2) is 18.6 Å². The summed E-state index contributed by atoms with van der Waals surface area (Å²) in [6, 6.07) is -0.159. The van der Waals surface area contributed by atoms with Gasteiger partial charge >= 0.3 is 0 Å². The fraction of sp³-hybridized carbons (Fsp3) is 0.250. The van der Waals surface area contributed by atoms with E-state index in [0.717, 1.165) is 0 Å². The summed E-state index contributed by atoms with van der Waals surface area (Å²) in [5.41, 5.74) is 6.27. The summed E-state index contributed by atoms with van der Waals surface area (Å²) in [6.45, 7) is 1.83. The summed E-state index contributed by atoms with van der Waals surface area (Å²) in [7, 11) is 0. The monoisotopic (exact) mass is 190 g/mol. The molecule has 2 heterocycles. The van der Waals surface area contributed by atoms with Gasteiger partial charge in [0.1, 0.15) is 11.5 Å². The topological polar surface area (TPSA) is 93.4 Å². The lowest BCUT2D eigenvalue weighted by Crippen LogP contribution is -2.06. The highest BCUT2D eigenvalue weighted by atomic mass is 15.2. The second kappa shape index (κ2) is 3.51. The van der Waals surface area contributed by atoms with Crippen LogP contribution in [0.1, 0.15) is 18.8 Å². The van der Waals surface area contributed by atoms with Gasteiger partial charge in [0.2, 0.25) is 5.82 Å². The number of nitrogens with zero attached hydrogens (tertiary/aromatic N) is 4. The molecule has 0 spiro atoms. The van der Waals surface area contributed by atoms with Crippen molar-refractivity contribution in [3.63, 3.8) is 0 Å². The van der Waals surface area contributed by atoms with Crippen LogP contribution in [0.5, 0.6) is 0 Å². The molecule has 72 valence electrons. The molecule has 1 atom stereocenters. The summed E-state index contributed by atoms with van der Waals surface area (Å²) in [4.78, 5) is 12.2. The lowest BCUT2D eigenvalue weighted by atomic mass is 10.3. The third-order valence-corrected chi connectivity index (χ3v) is 1.73. The number of aromatic nitrogens is 5. The van der Waals surface area contributed by atoms with Crippen LogP contribution >= 0.6 is 0 Å². The number of hydrogen-bond donors (Lipinski definition) is 2. The van der Waals surface area contributed by atoms with E-state index in [4.69, 9.17) is 5.73 Å². The van der Waals surface area contributed by atoms with Gasteiger partial charge in [0.15, 0.2) is 0 Å². The molecule has 0 aliphatic rings. The highest BCUT2D eigenvalue weighted by Gasteiger charge is 2.09. The van der Waals surface area contributed by atoms with Gasteiger partial charge < -0.3 is 5.73 Å². The fourth-order valence-electron chi connectivity index (χ4n) is 1.01. The molecule has 0 bridgehead atoms. The van der Waals surface area contributed by atoms with Crippen LogP contribution in [0.25, 0.3) is 11.5 Å². The van der Waals surface area contributed by atoms with E-state index >= 15 is 0 Å². The smallest absolute Gasteiger partial charge is 0.201 e. The molecule has 14 heavy (non-hydrogen) atoms. The Labute approximate surface area is 80.6 Å². The zero-order chi connectivity index (χ0) is 9.97. The quantitative estimate of drug-likeness (QED) is 0.709. The van der Waals surface area contributed by atoms with Crippen molar-refractivity contribution in [2.24, 2.45) is 5.73 Å². The maximum absolute atomic E-state index is 5.64. The van der Waals surface area contributed by atoms with Gasteiger partial charge in [0.05, 0.1) is 12.2 Å². The van der Waals surface area contributed by atoms with Crippen LogP contribution in [-0.4, -0.2) is 25.1 Å². The SMILES string of the molecule is CC(N)c1nc(-c2cnccn2)n[nH]1. The summed E-state index contributed by atoms with van der Waals surface area (Å²) in [6.07, 6.45) is 4.80. The van der Waals surface area contributed by atoms with Crippen LogP contribution in [0, 0.1) is 0 Å². The average Bonchev–Trinajstić information content (AvgIpc) is 2.68. The molecule has 6 heteroatoms. The summed E-state index contributed by atoms with van der Waals surface area (Å²) in [5, 5.41) is 6.74. The summed E-state index contributed by atoms with van der Waals surface area (Å²) < 4.78 is 0. The van der Waals surface area contributed by atoms with Gasteiger partial charge in [-0.1, -0.05) is 0 Å². The Bertz CT molecular complexity index is 407. The maximum atomic E-state index is 5.64. The molecule has 0 amide bonds. The van der Waals surface area contributed by atoms with Crippen LogP contribution < -0.4 is 5.73 Å². The van der Waals surface area contributed by atoms with Crippen LogP contribution in [-0.2, 0) is 0 Å². The van der Waals surface area contributed by atoms with E-state index in [1.54, 1.807) is 18.6 Å².